The van der Waals surface area contributed by atoms with E-state index in [9.17, 15) is 0 Å². The molecule has 0 unspecified atom stereocenters. The molecule has 0 aromatic heterocycles. The third-order valence-electron chi connectivity index (χ3n) is 0.246. The molecule has 1 nitrogen and oxygen atoms in total. The van der Waals surface area contributed by atoms with Crippen LogP contribution in [-0.4, -0.2) is 11.7 Å². The SMILES string of the molecule is OCC=C(Cl)Br. The summed E-state index contributed by atoms with van der Waals surface area (Å²) < 4.78 is 0.449. The Morgan fingerprint density at radius 3 is 2.50 bits per heavy atom. The van der Waals surface area contributed by atoms with E-state index in [1.807, 2.05) is 0 Å². The van der Waals surface area contributed by atoms with E-state index in [0.717, 1.165) is 0 Å². The Hall–Kier alpha value is 0.470. The maximum atomic E-state index is 8.05. The fourth-order valence-electron chi connectivity index (χ4n) is 0.0690. The summed E-state index contributed by atoms with van der Waals surface area (Å²) >= 11 is 8.10. The van der Waals surface area contributed by atoms with Crippen LogP contribution in [0.25, 0.3) is 0 Å². The van der Waals surface area contributed by atoms with Gasteiger partial charge in [0.2, 0.25) is 0 Å². The van der Waals surface area contributed by atoms with Crippen LogP contribution in [0.15, 0.2) is 10.0 Å². The van der Waals surface area contributed by atoms with Gasteiger partial charge in [0.1, 0.15) is 0 Å². The Bertz CT molecular complexity index is 57.8. The van der Waals surface area contributed by atoms with E-state index in [4.69, 9.17) is 16.7 Å². The number of hydrogen-bond donors (Lipinski definition) is 1. The fourth-order valence-corrected chi connectivity index (χ4v) is 0.283. The van der Waals surface area contributed by atoms with Crippen molar-refractivity contribution in [3.05, 3.63) is 10.0 Å². The number of rotatable bonds is 1. The van der Waals surface area contributed by atoms with E-state index < -0.39 is 0 Å². The average Bonchev–Trinajstić information content (AvgIpc) is 1.35. The zero-order chi connectivity index (χ0) is 4.99. The summed E-state index contributed by atoms with van der Waals surface area (Å²) in [4.78, 5) is 0. The first-order valence-electron chi connectivity index (χ1n) is 1.39. The van der Waals surface area contributed by atoms with Gasteiger partial charge >= 0.3 is 0 Å². The Labute approximate surface area is 49.7 Å². The molecule has 1 N–H and O–H groups in total. The monoisotopic (exact) mass is 170 g/mol. The van der Waals surface area contributed by atoms with Crippen molar-refractivity contribution in [1.82, 2.24) is 0 Å². The highest BCUT2D eigenvalue weighted by molar-refractivity contribution is 9.12. The highest BCUT2D eigenvalue weighted by Crippen LogP contribution is 2.07. The number of hydrogen-bond acceptors (Lipinski definition) is 1. The van der Waals surface area contributed by atoms with Crippen molar-refractivity contribution < 1.29 is 5.11 Å². The summed E-state index contributed by atoms with van der Waals surface area (Å²) in [6.45, 7) is -0.00984. The van der Waals surface area contributed by atoms with Crippen LogP contribution in [0.5, 0.6) is 0 Å². The summed E-state index contributed by atoms with van der Waals surface area (Å²) in [5, 5.41) is 8.05. The lowest BCUT2D eigenvalue weighted by molar-refractivity contribution is 0.343. The first-order chi connectivity index (χ1) is 2.77. The Morgan fingerprint density at radius 1 is 2.00 bits per heavy atom. The van der Waals surface area contributed by atoms with Gasteiger partial charge in [0.05, 0.1) is 10.5 Å². The van der Waals surface area contributed by atoms with Crippen LogP contribution in [0, 0.1) is 0 Å². The molecule has 0 aliphatic carbocycles. The lowest BCUT2D eigenvalue weighted by atomic mass is 10.7. The molecule has 0 amide bonds. The normalized spacial score (nSPS) is 12.2. The van der Waals surface area contributed by atoms with E-state index in [-0.39, 0.29) is 6.61 Å². The first kappa shape index (κ1) is 6.47. The van der Waals surface area contributed by atoms with Gasteiger partial charge in [0.15, 0.2) is 0 Å². The van der Waals surface area contributed by atoms with Crippen molar-refractivity contribution in [1.29, 1.82) is 0 Å². The predicted molar refractivity (Wildman–Crippen MR) is 29.9 cm³/mol. The van der Waals surface area contributed by atoms with Crippen molar-refractivity contribution in [3.63, 3.8) is 0 Å². The minimum Gasteiger partial charge on any atom is -0.392 e. The van der Waals surface area contributed by atoms with Crippen LogP contribution in [0.3, 0.4) is 0 Å². The second-order valence-electron chi connectivity index (χ2n) is 0.676. The average molecular weight is 171 g/mol. The zero-order valence-electron chi connectivity index (χ0n) is 2.99. The molecule has 0 saturated heterocycles. The minimum atomic E-state index is -0.00984. The van der Waals surface area contributed by atoms with Crippen LogP contribution in [0.4, 0.5) is 0 Å². The van der Waals surface area contributed by atoms with Crippen molar-refractivity contribution in [3.8, 4) is 0 Å². The van der Waals surface area contributed by atoms with Crippen LogP contribution in [-0.2, 0) is 0 Å². The predicted octanol–water partition coefficient (Wildman–Crippen LogP) is 1.45. The van der Waals surface area contributed by atoms with Gasteiger partial charge in [0.25, 0.3) is 0 Å². The molecule has 0 spiro atoms. The molecule has 0 aromatic carbocycles. The Morgan fingerprint density at radius 2 is 2.50 bits per heavy atom. The fraction of sp³-hybridized carbons (Fsp3) is 0.333. The van der Waals surface area contributed by atoms with Gasteiger partial charge in [-0.15, -0.1) is 0 Å². The van der Waals surface area contributed by atoms with Gasteiger partial charge in [-0.05, 0) is 22.0 Å². The zero-order valence-corrected chi connectivity index (χ0v) is 5.33. The molecular weight excluding hydrogens is 167 g/mol. The summed E-state index contributed by atoms with van der Waals surface area (Å²) in [5.74, 6) is 0. The van der Waals surface area contributed by atoms with E-state index in [2.05, 4.69) is 15.9 Å². The molecule has 3 heteroatoms. The van der Waals surface area contributed by atoms with Gasteiger partial charge in [-0.1, -0.05) is 11.6 Å². The van der Waals surface area contributed by atoms with Gasteiger partial charge in [-0.3, -0.25) is 0 Å². The maximum absolute atomic E-state index is 8.05. The molecule has 36 valence electrons. The van der Waals surface area contributed by atoms with Crippen LogP contribution in [0.1, 0.15) is 0 Å². The number of aliphatic hydroxyl groups is 1. The van der Waals surface area contributed by atoms with Gasteiger partial charge in [0, 0.05) is 0 Å². The van der Waals surface area contributed by atoms with Crippen LogP contribution >= 0.6 is 27.5 Å². The molecule has 0 saturated carbocycles. The van der Waals surface area contributed by atoms with Crippen molar-refractivity contribution in [2.75, 3.05) is 6.61 Å². The topological polar surface area (TPSA) is 20.2 Å². The Balaban J connectivity index is 3.14. The molecule has 0 aromatic rings. The molecule has 0 aliphatic heterocycles. The molecule has 0 heterocycles. The standard InChI is InChI=1S/C3H4BrClO/c4-3(5)1-2-6/h1,6H,2H2. The highest BCUT2D eigenvalue weighted by atomic mass is 79.9. The lowest BCUT2D eigenvalue weighted by Gasteiger charge is -1.74. The highest BCUT2D eigenvalue weighted by Gasteiger charge is 1.74. The minimum absolute atomic E-state index is 0.00984. The first-order valence-corrected chi connectivity index (χ1v) is 2.56. The summed E-state index contributed by atoms with van der Waals surface area (Å²) in [6.07, 6.45) is 1.45. The third-order valence-corrected chi connectivity index (χ3v) is 0.724. The molecular formula is C3H4BrClO. The number of aliphatic hydroxyl groups excluding tert-OH is 1. The largest absolute Gasteiger partial charge is 0.392 e. The lowest BCUT2D eigenvalue weighted by Crippen LogP contribution is -1.67. The third kappa shape index (κ3) is 4.47. The Kier molecular flexibility index (Phi) is 3.94. The van der Waals surface area contributed by atoms with Crippen LogP contribution < -0.4 is 0 Å². The molecule has 0 rings (SSSR count). The van der Waals surface area contributed by atoms with Crippen molar-refractivity contribution >= 4 is 27.5 Å². The molecule has 0 aliphatic rings. The van der Waals surface area contributed by atoms with Gasteiger partial charge in [-0.25, -0.2) is 0 Å². The van der Waals surface area contributed by atoms with E-state index in [1.54, 1.807) is 0 Å². The number of halogens is 2. The van der Waals surface area contributed by atoms with E-state index >= 15 is 0 Å². The summed E-state index contributed by atoms with van der Waals surface area (Å²) in [7, 11) is 0. The van der Waals surface area contributed by atoms with E-state index in [1.165, 1.54) is 6.08 Å². The molecule has 0 radical (unpaired) electrons. The quantitative estimate of drug-likeness (QED) is 0.633. The van der Waals surface area contributed by atoms with Gasteiger partial charge < -0.3 is 5.11 Å². The van der Waals surface area contributed by atoms with Crippen LogP contribution in [0.2, 0.25) is 0 Å². The second kappa shape index (κ2) is 3.65. The maximum Gasteiger partial charge on any atom is 0.0816 e. The van der Waals surface area contributed by atoms with Crippen molar-refractivity contribution in [2.24, 2.45) is 0 Å². The van der Waals surface area contributed by atoms with Gasteiger partial charge in [-0.2, -0.15) is 0 Å². The molecule has 0 bridgehead atoms. The molecule has 0 atom stereocenters. The summed E-state index contributed by atoms with van der Waals surface area (Å²) in [6, 6.07) is 0. The van der Waals surface area contributed by atoms with E-state index in [0.29, 0.717) is 3.94 Å². The van der Waals surface area contributed by atoms with Crippen molar-refractivity contribution in [2.45, 2.75) is 0 Å². The smallest absolute Gasteiger partial charge is 0.0816 e. The second-order valence-corrected chi connectivity index (χ2v) is 2.39. The summed E-state index contributed by atoms with van der Waals surface area (Å²) in [5.41, 5.74) is 0. The molecule has 6 heavy (non-hydrogen) atoms. The molecule has 0 fully saturated rings.